The van der Waals surface area contributed by atoms with Gasteiger partial charge in [-0.2, -0.15) is 0 Å². The molecule has 2 rings (SSSR count). The number of hydrogen-bond donors (Lipinski definition) is 1. The summed E-state index contributed by atoms with van der Waals surface area (Å²) in [6, 6.07) is 4.87. The number of hydrogen-bond acceptors (Lipinski definition) is 2. The van der Waals surface area contributed by atoms with Gasteiger partial charge in [0.2, 0.25) is 0 Å². The molecule has 1 aromatic carbocycles. The first-order valence-electron chi connectivity index (χ1n) is 3.89. The molecule has 0 spiro atoms. The molecule has 0 saturated carbocycles. The van der Waals surface area contributed by atoms with Gasteiger partial charge in [0.15, 0.2) is 0 Å². The van der Waals surface area contributed by atoms with Gasteiger partial charge in [-0.05, 0) is 30.7 Å². The Balaban J connectivity index is 2.70. The van der Waals surface area contributed by atoms with Crippen LogP contribution in [0.1, 0.15) is 15.9 Å². The highest BCUT2D eigenvalue weighted by atomic mass is 16.4. The predicted molar refractivity (Wildman–Crippen MR) is 47.9 cm³/mol. The zero-order valence-electron chi connectivity index (χ0n) is 7.07. The summed E-state index contributed by atoms with van der Waals surface area (Å²) in [7, 11) is 0. The molecule has 0 saturated heterocycles. The van der Waals surface area contributed by atoms with E-state index in [4.69, 9.17) is 9.52 Å². The van der Waals surface area contributed by atoms with Crippen molar-refractivity contribution in [3.8, 4) is 0 Å². The van der Waals surface area contributed by atoms with Crippen molar-refractivity contribution in [3.63, 3.8) is 0 Å². The Bertz CT molecular complexity index is 468. The molecule has 0 bridgehead atoms. The Morgan fingerprint density at radius 3 is 2.92 bits per heavy atom. The van der Waals surface area contributed by atoms with Crippen LogP contribution in [0.25, 0.3) is 11.0 Å². The minimum atomic E-state index is -0.934. The summed E-state index contributed by atoms with van der Waals surface area (Å²) in [5.41, 5.74) is 1.89. The van der Waals surface area contributed by atoms with Gasteiger partial charge < -0.3 is 9.52 Å². The van der Waals surface area contributed by atoms with Crippen LogP contribution in [0.3, 0.4) is 0 Å². The maximum absolute atomic E-state index is 10.6. The zero-order chi connectivity index (χ0) is 9.42. The van der Waals surface area contributed by atoms with Crippen LogP contribution >= 0.6 is 0 Å². The molecule has 0 aliphatic heterocycles. The number of rotatable bonds is 1. The molecule has 1 heterocycles. The highest BCUT2D eigenvalue weighted by molar-refractivity contribution is 5.93. The van der Waals surface area contributed by atoms with Crippen molar-refractivity contribution in [3.05, 3.63) is 35.6 Å². The quantitative estimate of drug-likeness (QED) is 0.725. The fourth-order valence-electron chi connectivity index (χ4n) is 1.29. The van der Waals surface area contributed by atoms with Gasteiger partial charge in [-0.3, -0.25) is 0 Å². The number of furan rings is 1. The molecule has 0 radical (unpaired) electrons. The normalized spacial score (nSPS) is 10.5. The standard InChI is InChI=1S/C10H8O3/c1-6-5-13-9-4-7(10(11)12)2-3-8(6)9/h2-5H,1H3,(H,11,12). The van der Waals surface area contributed by atoms with Gasteiger partial charge in [-0.25, -0.2) is 4.79 Å². The third kappa shape index (κ3) is 1.18. The number of aromatic carboxylic acids is 1. The molecule has 0 unspecified atom stereocenters. The Morgan fingerprint density at radius 1 is 1.46 bits per heavy atom. The minimum absolute atomic E-state index is 0.252. The summed E-state index contributed by atoms with van der Waals surface area (Å²) in [6.45, 7) is 1.92. The Kier molecular flexibility index (Phi) is 1.59. The van der Waals surface area contributed by atoms with Crippen molar-refractivity contribution >= 4 is 16.9 Å². The van der Waals surface area contributed by atoms with Crippen LogP contribution < -0.4 is 0 Å². The number of aryl methyl sites for hydroxylation is 1. The van der Waals surface area contributed by atoms with E-state index in [-0.39, 0.29) is 5.56 Å². The molecule has 3 heteroatoms. The lowest BCUT2D eigenvalue weighted by Crippen LogP contribution is -1.94. The first-order valence-corrected chi connectivity index (χ1v) is 3.89. The molecule has 0 atom stereocenters. The number of carbonyl (C=O) groups is 1. The average Bonchev–Trinajstić information content (AvgIpc) is 2.47. The van der Waals surface area contributed by atoms with Crippen molar-refractivity contribution in [2.75, 3.05) is 0 Å². The zero-order valence-corrected chi connectivity index (χ0v) is 7.07. The van der Waals surface area contributed by atoms with Gasteiger partial charge in [-0.1, -0.05) is 0 Å². The topological polar surface area (TPSA) is 50.4 Å². The molecule has 2 aromatic rings. The smallest absolute Gasteiger partial charge is 0.335 e. The van der Waals surface area contributed by atoms with Crippen molar-refractivity contribution in [2.45, 2.75) is 6.92 Å². The molecule has 1 N–H and O–H groups in total. The monoisotopic (exact) mass is 176 g/mol. The average molecular weight is 176 g/mol. The molecule has 3 nitrogen and oxygen atoms in total. The van der Waals surface area contributed by atoms with Gasteiger partial charge >= 0.3 is 5.97 Å². The number of carboxylic acids is 1. The first-order chi connectivity index (χ1) is 6.18. The maximum Gasteiger partial charge on any atom is 0.335 e. The van der Waals surface area contributed by atoms with Gasteiger partial charge in [0.05, 0.1) is 11.8 Å². The van der Waals surface area contributed by atoms with Crippen LogP contribution in [-0.4, -0.2) is 11.1 Å². The van der Waals surface area contributed by atoms with Crippen LogP contribution in [-0.2, 0) is 0 Å². The largest absolute Gasteiger partial charge is 0.478 e. The summed E-state index contributed by atoms with van der Waals surface area (Å²) in [6.07, 6.45) is 1.62. The fourth-order valence-corrected chi connectivity index (χ4v) is 1.29. The van der Waals surface area contributed by atoms with Crippen molar-refractivity contribution in [1.82, 2.24) is 0 Å². The SMILES string of the molecule is Cc1coc2cc(C(=O)O)ccc12. The van der Waals surface area contributed by atoms with Gasteiger partial charge in [0.1, 0.15) is 5.58 Å². The summed E-state index contributed by atoms with van der Waals surface area (Å²) in [5.74, 6) is -0.934. The third-order valence-corrected chi connectivity index (χ3v) is 2.02. The van der Waals surface area contributed by atoms with E-state index in [9.17, 15) is 4.79 Å². The number of fused-ring (bicyclic) bond motifs is 1. The number of benzene rings is 1. The van der Waals surface area contributed by atoms with Crippen LogP contribution in [0, 0.1) is 6.92 Å². The van der Waals surface area contributed by atoms with Crippen molar-refractivity contribution in [2.24, 2.45) is 0 Å². The lowest BCUT2D eigenvalue weighted by Gasteiger charge is -1.93. The lowest BCUT2D eigenvalue weighted by atomic mass is 10.1. The van der Waals surface area contributed by atoms with Crippen LogP contribution in [0.2, 0.25) is 0 Å². The van der Waals surface area contributed by atoms with Gasteiger partial charge in [0, 0.05) is 5.39 Å². The van der Waals surface area contributed by atoms with Crippen LogP contribution in [0.5, 0.6) is 0 Å². The van der Waals surface area contributed by atoms with E-state index < -0.39 is 5.97 Å². The highest BCUT2D eigenvalue weighted by Crippen LogP contribution is 2.21. The Labute approximate surface area is 74.6 Å². The van der Waals surface area contributed by atoms with Crippen LogP contribution in [0.15, 0.2) is 28.9 Å². The molecule has 0 fully saturated rings. The minimum Gasteiger partial charge on any atom is -0.478 e. The first kappa shape index (κ1) is 7.86. The molecule has 0 aliphatic carbocycles. The summed E-state index contributed by atoms with van der Waals surface area (Å²) in [4.78, 5) is 10.6. The molecular weight excluding hydrogens is 168 g/mol. The van der Waals surface area contributed by atoms with E-state index in [1.807, 2.05) is 6.92 Å². The Hall–Kier alpha value is -1.77. The molecule has 0 aliphatic rings. The molecular formula is C10H8O3. The number of carboxylic acid groups (broad SMARTS) is 1. The Morgan fingerprint density at radius 2 is 2.23 bits per heavy atom. The summed E-state index contributed by atoms with van der Waals surface area (Å²) in [5, 5.41) is 9.67. The molecule has 1 aromatic heterocycles. The second-order valence-electron chi connectivity index (χ2n) is 2.93. The maximum atomic E-state index is 10.6. The summed E-state index contributed by atoms with van der Waals surface area (Å²) >= 11 is 0. The van der Waals surface area contributed by atoms with Gasteiger partial charge in [0.25, 0.3) is 0 Å². The van der Waals surface area contributed by atoms with E-state index in [0.717, 1.165) is 10.9 Å². The van der Waals surface area contributed by atoms with Crippen molar-refractivity contribution in [1.29, 1.82) is 0 Å². The van der Waals surface area contributed by atoms with E-state index in [1.54, 1.807) is 18.4 Å². The highest BCUT2D eigenvalue weighted by Gasteiger charge is 2.06. The molecule has 66 valence electrons. The predicted octanol–water partition coefficient (Wildman–Crippen LogP) is 2.44. The molecule has 0 amide bonds. The third-order valence-electron chi connectivity index (χ3n) is 2.02. The van der Waals surface area contributed by atoms with Crippen LogP contribution in [0.4, 0.5) is 0 Å². The van der Waals surface area contributed by atoms with Gasteiger partial charge in [-0.15, -0.1) is 0 Å². The second kappa shape index (κ2) is 2.62. The van der Waals surface area contributed by atoms with E-state index in [2.05, 4.69) is 0 Å². The second-order valence-corrected chi connectivity index (χ2v) is 2.93. The lowest BCUT2D eigenvalue weighted by molar-refractivity contribution is 0.0697. The molecule has 13 heavy (non-hydrogen) atoms. The van der Waals surface area contributed by atoms with E-state index in [0.29, 0.717) is 5.58 Å². The van der Waals surface area contributed by atoms with E-state index in [1.165, 1.54) is 6.07 Å². The fraction of sp³-hybridized carbons (Fsp3) is 0.100. The van der Waals surface area contributed by atoms with E-state index >= 15 is 0 Å². The van der Waals surface area contributed by atoms with Crippen molar-refractivity contribution < 1.29 is 14.3 Å². The summed E-state index contributed by atoms with van der Waals surface area (Å²) < 4.78 is 5.18.